The van der Waals surface area contributed by atoms with Crippen molar-refractivity contribution in [1.82, 2.24) is 9.13 Å². The standard InChI is InChI=1S/C54H34N2S/c1-3-14-35(15-4-1)36-26-28-37(29-27-36)46-33-40(34-47-44-19-9-12-25-52(44)57-54(46)47)56-49-23-11-8-20-45(49)53-41(21-13-24-50(53)56)38-30-31-43-42-18-7-10-22-48(42)55(51(43)32-38)39-16-5-2-6-17-39/h1-34H. The van der Waals surface area contributed by atoms with E-state index in [0.717, 1.165) is 11.4 Å². The van der Waals surface area contributed by atoms with Gasteiger partial charge in [-0.15, -0.1) is 11.3 Å². The van der Waals surface area contributed by atoms with E-state index in [0.29, 0.717) is 0 Å². The summed E-state index contributed by atoms with van der Waals surface area (Å²) in [4.78, 5) is 0. The number of fused-ring (bicyclic) bond motifs is 9. The second-order valence-electron chi connectivity index (χ2n) is 14.9. The molecule has 0 atom stereocenters. The minimum absolute atomic E-state index is 1.16. The summed E-state index contributed by atoms with van der Waals surface area (Å²) in [5.41, 5.74) is 14.5. The van der Waals surface area contributed by atoms with Crippen LogP contribution in [0.3, 0.4) is 0 Å². The molecule has 0 N–H and O–H groups in total. The zero-order valence-electron chi connectivity index (χ0n) is 30.9. The molecule has 0 saturated carbocycles. The smallest absolute Gasteiger partial charge is 0.0547 e. The fraction of sp³-hybridized carbons (Fsp3) is 0. The van der Waals surface area contributed by atoms with Gasteiger partial charge in [-0.25, -0.2) is 0 Å². The third-order valence-electron chi connectivity index (χ3n) is 11.7. The Bertz CT molecular complexity index is 3490. The molecule has 12 aromatic rings. The van der Waals surface area contributed by atoms with Gasteiger partial charge < -0.3 is 9.13 Å². The fourth-order valence-electron chi connectivity index (χ4n) is 9.16. The van der Waals surface area contributed by atoms with E-state index in [1.807, 2.05) is 11.3 Å². The summed E-state index contributed by atoms with van der Waals surface area (Å²) in [6.45, 7) is 0. The van der Waals surface area contributed by atoms with E-state index in [1.54, 1.807) is 0 Å². The maximum atomic E-state index is 2.49. The van der Waals surface area contributed by atoms with Gasteiger partial charge in [-0.1, -0.05) is 152 Å². The maximum absolute atomic E-state index is 2.49. The molecule has 3 heteroatoms. The second kappa shape index (κ2) is 12.7. The minimum atomic E-state index is 1.16. The highest BCUT2D eigenvalue weighted by molar-refractivity contribution is 7.26. The van der Waals surface area contributed by atoms with Crippen molar-refractivity contribution in [1.29, 1.82) is 0 Å². The molecule has 266 valence electrons. The van der Waals surface area contributed by atoms with Gasteiger partial charge in [0, 0.05) is 58.7 Å². The lowest BCUT2D eigenvalue weighted by molar-refractivity contribution is 1.18. The van der Waals surface area contributed by atoms with Crippen LogP contribution >= 0.6 is 11.3 Å². The largest absolute Gasteiger partial charge is 0.309 e. The molecule has 0 unspecified atom stereocenters. The van der Waals surface area contributed by atoms with E-state index in [4.69, 9.17) is 0 Å². The van der Waals surface area contributed by atoms with Crippen LogP contribution in [0.5, 0.6) is 0 Å². The molecule has 12 rings (SSSR count). The molecule has 3 heterocycles. The third kappa shape index (κ3) is 4.96. The zero-order chi connectivity index (χ0) is 37.5. The Hall–Kier alpha value is -7.20. The van der Waals surface area contributed by atoms with E-state index in [1.165, 1.54) is 97.2 Å². The first-order valence-electron chi connectivity index (χ1n) is 19.5. The molecular weight excluding hydrogens is 709 g/mol. The van der Waals surface area contributed by atoms with Crippen molar-refractivity contribution in [2.45, 2.75) is 0 Å². The van der Waals surface area contributed by atoms with Crippen molar-refractivity contribution in [3.63, 3.8) is 0 Å². The summed E-state index contributed by atoms with van der Waals surface area (Å²) in [5.74, 6) is 0. The number of rotatable bonds is 5. The number of thiophene rings is 1. The normalized spacial score (nSPS) is 11.9. The third-order valence-corrected chi connectivity index (χ3v) is 12.9. The lowest BCUT2D eigenvalue weighted by atomic mass is 9.98. The van der Waals surface area contributed by atoms with Crippen LogP contribution in [0.4, 0.5) is 0 Å². The molecule has 0 bridgehead atoms. The lowest BCUT2D eigenvalue weighted by Gasteiger charge is -2.13. The van der Waals surface area contributed by atoms with Crippen molar-refractivity contribution in [2.24, 2.45) is 0 Å². The van der Waals surface area contributed by atoms with Crippen LogP contribution in [0.15, 0.2) is 206 Å². The van der Waals surface area contributed by atoms with Gasteiger partial charge in [0.05, 0.1) is 22.1 Å². The predicted octanol–water partition coefficient (Wildman–Crippen LogP) is 15.2. The predicted molar refractivity (Wildman–Crippen MR) is 244 cm³/mol. The topological polar surface area (TPSA) is 9.86 Å². The van der Waals surface area contributed by atoms with Gasteiger partial charge in [-0.05, 0) is 82.4 Å². The first kappa shape index (κ1) is 32.1. The van der Waals surface area contributed by atoms with E-state index in [-0.39, 0.29) is 0 Å². The number of benzene rings is 9. The molecule has 0 amide bonds. The van der Waals surface area contributed by atoms with Crippen LogP contribution in [-0.4, -0.2) is 9.13 Å². The first-order valence-corrected chi connectivity index (χ1v) is 20.3. The van der Waals surface area contributed by atoms with E-state index in [9.17, 15) is 0 Å². The summed E-state index contributed by atoms with van der Waals surface area (Å²) in [5, 5.41) is 7.62. The molecule has 0 aliphatic rings. The molecule has 3 aromatic heterocycles. The Balaban J connectivity index is 1.10. The highest BCUT2D eigenvalue weighted by Gasteiger charge is 2.20. The van der Waals surface area contributed by atoms with Crippen molar-refractivity contribution in [3.05, 3.63) is 206 Å². The number of hydrogen-bond acceptors (Lipinski definition) is 1. The summed E-state index contributed by atoms with van der Waals surface area (Å²) in [6, 6.07) is 75.6. The molecule has 57 heavy (non-hydrogen) atoms. The van der Waals surface area contributed by atoms with Crippen LogP contribution in [0.1, 0.15) is 0 Å². The highest BCUT2D eigenvalue weighted by atomic mass is 32.1. The van der Waals surface area contributed by atoms with Crippen LogP contribution < -0.4 is 0 Å². The van der Waals surface area contributed by atoms with Crippen LogP contribution in [0, 0.1) is 0 Å². The monoisotopic (exact) mass is 742 g/mol. The average Bonchev–Trinajstić information content (AvgIpc) is 3.94. The van der Waals surface area contributed by atoms with Crippen molar-refractivity contribution in [3.8, 4) is 44.8 Å². The van der Waals surface area contributed by atoms with Gasteiger partial charge in [0.2, 0.25) is 0 Å². The molecule has 0 aliphatic carbocycles. The van der Waals surface area contributed by atoms with Gasteiger partial charge in [0.25, 0.3) is 0 Å². The first-order chi connectivity index (χ1) is 28.3. The van der Waals surface area contributed by atoms with Crippen LogP contribution in [0.2, 0.25) is 0 Å². The SMILES string of the molecule is c1ccc(-c2ccc(-c3cc(-n4c5ccccc5c5c(-c6ccc7c8ccccc8n(-c8ccccc8)c7c6)cccc54)cc4c3sc3ccccc34)cc2)cc1. The van der Waals surface area contributed by atoms with Gasteiger partial charge in [-0.3, -0.25) is 0 Å². The Morgan fingerprint density at radius 2 is 0.877 bits per heavy atom. The number of para-hydroxylation sites is 3. The molecule has 0 aliphatic heterocycles. The number of aromatic nitrogens is 2. The highest BCUT2D eigenvalue weighted by Crippen LogP contribution is 2.45. The molecule has 2 nitrogen and oxygen atoms in total. The maximum Gasteiger partial charge on any atom is 0.0547 e. The number of nitrogens with zero attached hydrogens (tertiary/aromatic N) is 2. The Kier molecular flexibility index (Phi) is 7.13. The van der Waals surface area contributed by atoms with E-state index >= 15 is 0 Å². The Morgan fingerprint density at radius 1 is 0.298 bits per heavy atom. The van der Waals surface area contributed by atoms with E-state index < -0.39 is 0 Å². The zero-order valence-corrected chi connectivity index (χ0v) is 31.7. The van der Waals surface area contributed by atoms with Crippen LogP contribution in [-0.2, 0) is 0 Å². The van der Waals surface area contributed by atoms with Gasteiger partial charge in [0.1, 0.15) is 0 Å². The molecule has 0 saturated heterocycles. The Morgan fingerprint density at radius 3 is 1.68 bits per heavy atom. The summed E-state index contributed by atoms with van der Waals surface area (Å²) >= 11 is 1.89. The van der Waals surface area contributed by atoms with E-state index in [2.05, 4.69) is 215 Å². The molecular formula is C54H34N2S. The summed E-state index contributed by atoms with van der Waals surface area (Å²) < 4.78 is 7.52. The minimum Gasteiger partial charge on any atom is -0.309 e. The molecule has 0 spiro atoms. The van der Waals surface area contributed by atoms with Crippen molar-refractivity contribution in [2.75, 3.05) is 0 Å². The van der Waals surface area contributed by atoms with Crippen molar-refractivity contribution >= 4 is 75.1 Å². The second-order valence-corrected chi connectivity index (χ2v) is 15.9. The van der Waals surface area contributed by atoms with Crippen LogP contribution in [0.25, 0.3) is 109 Å². The van der Waals surface area contributed by atoms with Gasteiger partial charge in [0.15, 0.2) is 0 Å². The fourth-order valence-corrected chi connectivity index (χ4v) is 10.4. The number of hydrogen-bond donors (Lipinski definition) is 0. The summed E-state index contributed by atoms with van der Waals surface area (Å²) in [7, 11) is 0. The quantitative estimate of drug-likeness (QED) is 0.166. The molecule has 0 radical (unpaired) electrons. The van der Waals surface area contributed by atoms with Gasteiger partial charge in [-0.2, -0.15) is 0 Å². The Labute approximate surface area is 333 Å². The summed E-state index contributed by atoms with van der Waals surface area (Å²) in [6.07, 6.45) is 0. The lowest BCUT2D eigenvalue weighted by Crippen LogP contribution is -1.95. The molecule has 9 aromatic carbocycles. The van der Waals surface area contributed by atoms with Gasteiger partial charge >= 0.3 is 0 Å². The van der Waals surface area contributed by atoms with Crippen molar-refractivity contribution < 1.29 is 0 Å². The molecule has 0 fully saturated rings. The average molecular weight is 743 g/mol.